The summed E-state index contributed by atoms with van der Waals surface area (Å²) in [6, 6.07) is 6.51. The van der Waals surface area contributed by atoms with E-state index in [1.165, 1.54) is 4.90 Å². The lowest BCUT2D eigenvalue weighted by Gasteiger charge is -2.31. The van der Waals surface area contributed by atoms with Crippen molar-refractivity contribution in [1.29, 1.82) is 0 Å². The van der Waals surface area contributed by atoms with Crippen LogP contribution in [0, 0.1) is 0 Å². The van der Waals surface area contributed by atoms with Crippen molar-refractivity contribution in [3.63, 3.8) is 0 Å². The Morgan fingerprint density at radius 3 is 2.21 bits per heavy atom. The van der Waals surface area contributed by atoms with E-state index in [4.69, 9.17) is 4.74 Å². The summed E-state index contributed by atoms with van der Waals surface area (Å²) in [5.41, 5.74) is 0.619. The number of hydrogen-bond acceptors (Lipinski definition) is 4. The number of nitrogens with one attached hydrogen (secondary N) is 2. The number of sulfonamides is 1. The SMILES string of the molecule is C[C@H]1C[NH+](CC(=O)Nc2ccc(S(=O)(=O)N3CCCCCC3)cc2)C[C@H](C)O1. The molecule has 0 aromatic heterocycles. The standard InChI is InChI=1S/C20H31N3O4S/c1-16-13-22(14-17(2)27-16)15-20(24)21-18-7-9-19(10-8-18)28(25,26)23-11-5-3-4-6-12-23/h7-10,16-17H,3-6,11-15H2,1-2H3,(H,21,24)/p+1/t16-,17-/m0/s1. The Morgan fingerprint density at radius 1 is 1.07 bits per heavy atom. The van der Waals surface area contributed by atoms with E-state index in [-0.39, 0.29) is 23.0 Å². The Labute approximate surface area is 168 Å². The van der Waals surface area contributed by atoms with Gasteiger partial charge in [-0.3, -0.25) is 4.79 Å². The van der Waals surface area contributed by atoms with Crippen molar-refractivity contribution in [1.82, 2.24) is 4.31 Å². The summed E-state index contributed by atoms with van der Waals surface area (Å²) >= 11 is 0. The quantitative estimate of drug-likeness (QED) is 0.755. The number of carbonyl (C=O) groups is 1. The second-order valence-corrected chi connectivity index (χ2v) is 9.92. The van der Waals surface area contributed by atoms with Gasteiger partial charge in [0, 0.05) is 18.8 Å². The fourth-order valence-electron chi connectivity index (χ4n) is 4.11. The maximum absolute atomic E-state index is 12.8. The van der Waals surface area contributed by atoms with Crippen LogP contribution in [0.3, 0.4) is 0 Å². The van der Waals surface area contributed by atoms with Crippen LogP contribution in [0.25, 0.3) is 0 Å². The lowest BCUT2D eigenvalue weighted by Crippen LogP contribution is -3.16. The molecule has 2 fully saturated rings. The number of benzene rings is 1. The zero-order valence-electron chi connectivity index (χ0n) is 16.8. The van der Waals surface area contributed by atoms with Crippen LogP contribution in [0.4, 0.5) is 5.69 Å². The molecule has 0 radical (unpaired) electrons. The molecule has 1 aromatic rings. The largest absolute Gasteiger partial charge is 0.364 e. The monoisotopic (exact) mass is 410 g/mol. The first kappa shape index (κ1) is 21.2. The maximum atomic E-state index is 12.8. The van der Waals surface area contributed by atoms with E-state index in [1.807, 2.05) is 13.8 Å². The molecule has 156 valence electrons. The van der Waals surface area contributed by atoms with Gasteiger partial charge in [0.25, 0.3) is 5.91 Å². The van der Waals surface area contributed by atoms with Crippen LogP contribution >= 0.6 is 0 Å². The van der Waals surface area contributed by atoms with E-state index in [2.05, 4.69) is 5.32 Å². The Hall–Kier alpha value is -1.48. The molecule has 1 aromatic carbocycles. The highest BCUT2D eigenvalue weighted by molar-refractivity contribution is 7.89. The second kappa shape index (κ2) is 9.35. The molecule has 2 aliphatic rings. The van der Waals surface area contributed by atoms with Crippen molar-refractivity contribution in [3.05, 3.63) is 24.3 Å². The van der Waals surface area contributed by atoms with Gasteiger partial charge in [-0.05, 0) is 51.0 Å². The van der Waals surface area contributed by atoms with E-state index in [0.717, 1.165) is 38.8 Å². The van der Waals surface area contributed by atoms with Gasteiger partial charge in [-0.15, -0.1) is 0 Å². The third kappa shape index (κ3) is 5.53. The summed E-state index contributed by atoms with van der Waals surface area (Å²) in [5.74, 6) is -0.0700. The minimum atomic E-state index is -3.46. The van der Waals surface area contributed by atoms with Gasteiger partial charge in [0.15, 0.2) is 6.54 Å². The first-order chi connectivity index (χ1) is 13.3. The number of carbonyl (C=O) groups excluding carboxylic acids is 1. The molecule has 28 heavy (non-hydrogen) atoms. The van der Waals surface area contributed by atoms with Gasteiger partial charge in [-0.1, -0.05) is 12.8 Å². The number of anilines is 1. The molecular weight excluding hydrogens is 378 g/mol. The maximum Gasteiger partial charge on any atom is 0.279 e. The van der Waals surface area contributed by atoms with Crippen LogP contribution in [-0.2, 0) is 19.6 Å². The predicted molar refractivity (Wildman–Crippen MR) is 108 cm³/mol. The second-order valence-electron chi connectivity index (χ2n) is 7.98. The van der Waals surface area contributed by atoms with Crippen molar-refractivity contribution in [2.45, 2.75) is 56.6 Å². The first-order valence-corrected chi connectivity index (χ1v) is 11.7. The number of morpholine rings is 1. The zero-order chi connectivity index (χ0) is 20.1. The zero-order valence-corrected chi connectivity index (χ0v) is 17.6. The van der Waals surface area contributed by atoms with E-state index >= 15 is 0 Å². The number of rotatable bonds is 5. The smallest absolute Gasteiger partial charge is 0.279 e. The molecule has 0 bridgehead atoms. The van der Waals surface area contributed by atoms with Gasteiger partial charge < -0.3 is 15.0 Å². The summed E-state index contributed by atoms with van der Waals surface area (Å²) in [6.45, 7) is 7.22. The normalized spacial score (nSPS) is 27.1. The number of amides is 1. The highest BCUT2D eigenvalue weighted by atomic mass is 32.2. The third-order valence-electron chi connectivity index (χ3n) is 5.37. The van der Waals surface area contributed by atoms with E-state index < -0.39 is 10.0 Å². The number of quaternary nitrogens is 1. The fraction of sp³-hybridized carbons (Fsp3) is 0.650. The van der Waals surface area contributed by atoms with Crippen LogP contribution in [0.5, 0.6) is 0 Å². The molecule has 2 N–H and O–H groups in total. The lowest BCUT2D eigenvalue weighted by molar-refractivity contribution is -0.907. The summed E-state index contributed by atoms with van der Waals surface area (Å²) in [4.78, 5) is 13.8. The summed E-state index contributed by atoms with van der Waals surface area (Å²) < 4.78 is 32.9. The van der Waals surface area contributed by atoms with E-state index in [0.29, 0.717) is 25.3 Å². The molecule has 8 heteroatoms. The van der Waals surface area contributed by atoms with Crippen molar-refractivity contribution in [2.75, 3.05) is 38.0 Å². The molecule has 7 nitrogen and oxygen atoms in total. The summed E-state index contributed by atoms with van der Waals surface area (Å²) in [6.07, 6.45) is 4.28. The van der Waals surface area contributed by atoms with Gasteiger partial charge in [0.2, 0.25) is 10.0 Å². The third-order valence-corrected chi connectivity index (χ3v) is 7.28. The molecule has 1 amide bonds. The Balaban J connectivity index is 1.58. The van der Waals surface area contributed by atoms with Gasteiger partial charge in [0.1, 0.15) is 25.3 Å². The molecule has 0 spiro atoms. The van der Waals surface area contributed by atoms with Crippen LogP contribution < -0.4 is 10.2 Å². The topological polar surface area (TPSA) is 80.2 Å². The Bertz CT molecular complexity index is 748. The predicted octanol–water partition coefficient (Wildman–Crippen LogP) is 0.882. The Kier molecular flexibility index (Phi) is 7.09. The number of nitrogens with zero attached hydrogens (tertiary/aromatic N) is 1. The molecule has 3 rings (SSSR count). The summed E-state index contributed by atoms with van der Waals surface area (Å²) in [5, 5.41) is 2.88. The van der Waals surface area contributed by atoms with Gasteiger partial charge >= 0.3 is 0 Å². The summed E-state index contributed by atoms with van der Waals surface area (Å²) in [7, 11) is -3.46. The average Bonchev–Trinajstić information content (AvgIpc) is 2.91. The van der Waals surface area contributed by atoms with Crippen LogP contribution in [0.2, 0.25) is 0 Å². The Morgan fingerprint density at radius 2 is 1.64 bits per heavy atom. The highest BCUT2D eigenvalue weighted by Crippen LogP contribution is 2.21. The minimum Gasteiger partial charge on any atom is -0.364 e. The minimum absolute atomic E-state index is 0.0700. The molecule has 2 atom stereocenters. The van der Waals surface area contributed by atoms with Gasteiger partial charge in [0.05, 0.1) is 4.90 Å². The fourth-order valence-corrected chi connectivity index (χ4v) is 5.62. The van der Waals surface area contributed by atoms with Crippen LogP contribution in [0.1, 0.15) is 39.5 Å². The van der Waals surface area contributed by atoms with E-state index in [9.17, 15) is 13.2 Å². The molecule has 0 saturated carbocycles. The van der Waals surface area contributed by atoms with Crippen LogP contribution in [0.15, 0.2) is 29.2 Å². The molecule has 0 aliphatic carbocycles. The van der Waals surface area contributed by atoms with Crippen molar-refractivity contribution in [3.8, 4) is 0 Å². The lowest BCUT2D eigenvalue weighted by atomic mass is 10.2. The van der Waals surface area contributed by atoms with Gasteiger partial charge in [-0.25, -0.2) is 8.42 Å². The van der Waals surface area contributed by atoms with Crippen molar-refractivity contribution >= 4 is 21.6 Å². The average molecular weight is 411 g/mol. The molecule has 2 aliphatic heterocycles. The van der Waals surface area contributed by atoms with Crippen LogP contribution in [-0.4, -0.2) is 63.6 Å². The van der Waals surface area contributed by atoms with Gasteiger partial charge in [-0.2, -0.15) is 4.31 Å². The number of hydrogen-bond donors (Lipinski definition) is 2. The number of ether oxygens (including phenoxy) is 1. The molecule has 2 heterocycles. The van der Waals surface area contributed by atoms with Crippen molar-refractivity contribution < 1.29 is 22.8 Å². The molecule has 2 saturated heterocycles. The first-order valence-electron chi connectivity index (χ1n) is 10.2. The highest BCUT2D eigenvalue weighted by Gasteiger charge is 2.28. The van der Waals surface area contributed by atoms with Crippen molar-refractivity contribution in [2.24, 2.45) is 0 Å². The molecular formula is C20H32N3O4S+. The van der Waals surface area contributed by atoms with E-state index in [1.54, 1.807) is 28.6 Å². The molecule has 0 unspecified atom stereocenters.